The zero-order chi connectivity index (χ0) is 12.7. The van der Waals surface area contributed by atoms with Crippen LogP contribution in [0.3, 0.4) is 0 Å². The Bertz CT molecular complexity index is 528. The van der Waals surface area contributed by atoms with Crippen molar-refractivity contribution in [2.75, 3.05) is 10.1 Å². The molecule has 0 aromatic heterocycles. The highest BCUT2D eigenvalue weighted by atomic mass is 16.6. The monoisotopic (exact) mass is 241 g/mol. The van der Waals surface area contributed by atoms with Crippen LogP contribution in [0.2, 0.25) is 0 Å². The molecule has 0 unspecified atom stereocenters. The van der Waals surface area contributed by atoms with Crippen molar-refractivity contribution in [1.82, 2.24) is 0 Å². The Kier molecular flexibility index (Phi) is 2.26. The maximum absolute atomic E-state index is 10.5. The number of non-ortho nitro benzene ring substituents is 1. The van der Waals surface area contributed by atoms with Gasteiger partial charge in [0.05, 0.1) is 10.6 Å². The molecule has 0 saturated carbocycles. The highest BCUT2D eigenvalue weighted by molar-refractivity contribution is 5.77. The number of nitro benzene ring substituents is 1. The smallest absolute Gasteiger partial charge is 0.281 e. The minimum atomic E-state index is -1.04. The SMILES string of the molecule is O=[N+]([O-])c1ccc2c(c1)N(O)C(O)=C(O)N2O. The number of benzene rings is 1. The third kappa shape index (κ3) is 1.49. The summed E-state index contributed by atoms with van der Waals surface area (Å²) in [5, 5.41) is 48.1. The quantitative estimate of drug-likeness (QED) is 0.426. The van der Waals surface area contributed by atoms with Crippen LogP contribution >= 0.6 is 0 Å². The van der Waals surface area contributed by atoms with Crippen molar-refractivity contribution in [2.45, 2.75) is 0 Å². The predicted molar refractivity (Wildman–Crippen MR) is 53.9 cm³/mol. The Morgan fingerprint density at radius 3 is 2.12 bits per heavy atom. The third-order valence-corrected chi connectivity index (χ3v) is 2.23. The van der Waals surface area contributed by atoms with Crippen LogP contribution in [-0.2, 0) is 0 Å². The minimum Gasteiger partial charge on any atom is -0.489 e. The summed E-state index contributed by atoms with van der Waals surface area (Å²) in [7, 11) is 0. The number of nitrogens with zero attached hydrogens (tertiary/aromatic N) is 3. The number of aliphatic hydroxyl groups is 2. The van der Waals surface area contributed by atoms with E-state index in [0.29, 0.717) is 0 Å². The Morgan fingerprint density at radius 1 is 1.06 bits per heavy atom. The van der Waals surface area contributed by atoms with Crippen molar-refractivity contribution in [3.63, 3.8) is 0 Å². The fraction of sp³-hybridized carbons (Fsp3) is 0. The normalized spacial score (nSPS) is 14.9. The molecule has 90 valence electrons. The van der Waals surface area contributed by atoms with Gasteiger partial charge < -0.3 is 10.2 Å². The molecule has 1 heterocycles. The first-order chi connectivity index (χ1) is 7.93. The number of hydrogen-bond donors (Lipinski definition) is 4. The molecule has 0 fully saturated rings. The Hall–Kier alpha value is -2.52. The van der Waals surface area contributed by atoms with E-state index in [4.69, 9.17) is 0 Å². The third-order valence-electron chi connectivity index (χ3n) is 2.23. The highest BCUT2D eigenvalue weighted by Gasteiger charge is 2.31. The van der Waals surface area contributed by atoms with E-state index in [9.17, 15) is 30.7 Å². The van der Waals surface area contributed by atoms with E-state index < -0.39 is 16.7 Å². The summed E-state index contributed by atoms with van der Waals surface area (Å²) >= 11 is 0. The van der Waals surface area contributed by atoms with Gasteiger partial charge in [-0.05, 0) is 6.07 Å². The summed E-state index contributed by atoms with van der Waals surface area (Å²) in [5.74, 6) is -2.03. The molecule has 0 saturated heterocycles. The van der Waals surface area contributed by atoms with Crippen LogP contribution in [-0.4, -0.2) is 25.6 Å². The lowest BCUT2D eigenvalue weighted by molar-refractivity contribution is -0.384. The summed E-state index contributed by atoms with van der Waals surface area (Å²) in [5.41, 5.74) is -0.698. The van der Waals surface area contributed by atoms with Crippen molar-refractivity contribution in [3.8, 4) is 0 Å². The lowest BCUT2D eigenvalue weighted by Gasteiger charge is -2.28. The maximum atomic E-state index is 10.5. The van der Waals surface area contributed by atoms with Crippen LogP contribution in [0.25, 0.3) is 0 Å². The fourth-order valence-electron chi connectivity index (χ4n) is 1.39. The molecule has 1 aliphatic heterocycles. The second-order valence-electron chi connectivity index (χ2n) is 3.20. The average Bonchev–Trinajstić information content (AvgIpc) is 2.32. The van der Waals surface area contributed by atoms with Gasteiger partial charge in [-0.3, -0.25) is 20.5 Å². The van der Waals surface area contributed by atoms with E-state index in [2.05, 4.69) is 0 Å². The summed E-state index contributed by atoms with van der Waals surface area (Å²) in [6.07, 6.45) is 0. The van der Waals surface area contributed by atoms with Gasteiger partial charge in [0.25, 0.3) is 17.5 Å². The number of rotatable bonds is 1. The summed E-state index contributed by atoms with van der Waals surface area (Å²) in [4.78, 5) is 9.82. The van der Waals surface area contributed by atoms with Gasteiger partial charge in [-0.2, -0.15) is 10.1 Å². The van der Waals surface area contributed by atoms with E-state index >= 15 is 0 Å². The van der Waals surface area contributed by atoms with E-state index in [-0.39, 0.29) is 27.2 Å². The van der Waals surface area contributed by atoms with E-state index in [1.54, 1.807) is 0 Å². The van der Waals surface area contributed by atoms with Gasteiger partial charge in [-0.15, -0.1) is 0 Å². The standard InChI is InChI=1S/C8H7N3O6/c12-7-8(13)10(15)6-3-4(11(16)17)1-2-5(6)9(7)14/h1-3,12-15H. The van der Waals surface area contributed by atoms with Crippen LogP contribution in [0.15, 0.2) is 30.0 Å². The molecule has 1 aromatic rings. The van der Waals surface area contributed by atoms with Crippen LogP contribution in [0.1, 0.15) is 0 Å². The molecule has 9 heteroatoms. The van der Waals surface area contributed by atoms with E-state index in [0.717, 1.165) is 18.2 Å². The summed E-state index contributed by atoms with van der Waals surface area (Å²) in [6.45, 7) is 0. The zero-order valence-corrected chi connectivity index (χ0v) is 8.18. The molecule has 1 aromatic carbocycles. The molecule has 0 aliphatic carbocycles. The van der Waals surface area contributed by atoms with Gasteiger partial charge in [0.2, 0.25) is 0 Å². The fourth-order valence-corrected chi connectivity index (χ4v) is 1.39. The number of anilines is 2. The van der Waals surface area contributed by atoms with Gasteiger partial charge in [-0.1, -0.05) is 0 Å². The van der Waals surface area contributed by atoms with E-state index in [1.807, 2.05) is 0 Å². The Morgan fingerprint density at radius 2 is 1.59 bits per heavy atom. The zero-order valence-electron chi connectivity index (χ0n) is 8.18. The lowest BCUT2D eigenvalue weighted by atomic mass is 10.2. The second-order valence-corrected chi connectivity index (χ2v) is 3.20. The van der Waals surface area contributed by atoms with Crippen LogP contribution in [0, 0.1) is 10.1 Å². The molecule has 0 spiro atoms. The molecule has 17 heavy (non-hydrogen) atoms. The first-order valence-electron chi connectivity index (χ1n) is 4.32. The first-order valence-corrected chi connectivity index (χ1v) is 4.32. The van der Waals surface area contributed by atoms with Gasteiger partial charge in [-0.25, -0.2) is 0 Å². The van der Waals surface area contributed by atoms with Crippen molar-refractivity contribution in [2.24, 2.45) is 0 Å². The molecule has 0 radical (unpaired) electrons. The van der Waals surface area contributed by atoms with Crippen molar-refractivity contribution >= 4 is 17.1 Å². The number of hydroxylamine groups is 2. The number of fused-ring (bicyclic) bond motifs is 1. The molecule has 0 bridgehead atoms. The van der Waals surface area contributed by atoms with Crippen molar-refractivity contribution in [1.29, 1.82) is 0 Å². The van der Waals surface area contributed by atoms with E-state index in [1.165, 1.54) is 0 Å². The largest absolute Gasteiger partial charge is 0.489 e. The highest BCUT2D eigenvalue weighted by Crippen LogP contribution is 2.38. The molecule has 1 aliphatic rings. The molecule has 0 amide bonds. The molecule has 9 nitrogen and oxygen atoms in total. The van der Waals surface area contributed by atoms with Crippen LogP contribution in [0.5, 0.6) is 0 Å². The first kappa shape index (κ1) is 11.0. The lowest BCUT2D eigenvalue weighted by Crippen LogP contribution is -2.32. The molecule has 0 atom stereocenters. The number of nitro groups is 1. The second kappa shape index (κ2) is 3.50. The molecule has 4 N–H and O–H groups in total. The predicted octanol–water partition coefficient (Wildman–Crippen LogP) is 1.24. The van der Waals surface area contributed by atoms with Crippen LogP contribution < -0.4 is 10.1 Å². The average molecular weight is 241 g/mol. The topological polar surface area (TPSA) is 131 Å². The minimum absolute atomic E-state index is 0.117. The Labute approximate surface area is 93.7 Å². The van der Waals surface area contributed by atoms with Crippen molar-refractivity contribution < 1.29 is 25.6 Å². The van der Waals surface area contributed by atoms with Gasteiger partial charge in [0, 0.05) is 12.1 Å². The van der Waals surface area contributed by atoms with Gasteiger partial charge in [0.1, 0.15) is 5.69 Å². The van der Waals surface area contributed by atoms with Crippen LogP contribution in [0.4, 0.5) is 17.1 Å². The molecule has 2 rings (SSSR count). The van der Waals surface area contributed by atoms with Gasteiger partial charge >= 0.3 is 0 Å². The van der Waals surface area contributed by atoms with Gasteiger partial charge in [0.15, 0.2) is 0 Å². The summed E-state index contributed by atoms with van der Waals surface area (Å²) in [6, 6.07) is 3.12. The Balaban J connectivity index is 2.60. The molecular formula is C8H7N3O6. The van der Waals surface area contributed by atoms with Crippen molar-refractivity contribution in [3.05, 3.63) is 40.1 Å². The summed E-state index contributed by atoms with van der Waals surface area (Å²) < 4.78 is 0. The molecular weight excluding hydrogens is 234 g/mol. The number of hydrogen-bond acceptors (Lipinski definition) is 8. The number of aliphatic hydroxyl groups excluding tert-OH is 2. The maximum Gasteiger partial charge on any atom is 0.281 e.